The van der Waals surface area contributed by atoms with Crippen LogP contribution >= 0.6 is 0 Å². The summed E-state index contributed by atoms with van der Waals surface area (Å²) in [4.78, 5) is 0.181. The van der Waals surface area contributed by atoms with Gasteiger partial charge < -0.3 is 4.74 Å². The van der Waals surface area contributed by atoms with E-state index in [0.29, 0.717) is 28.3 Å². The van der Waals surface area contributed by atoms with E-state index in [0.717, 1.165) is 5.39 Å². The normalized spacial score (nSPS) is 11.7. The van der Waals surface area contributed by atoms with Crippen molar-refractivity contribution in [2.75, 3.05) is 0 Å². The lowest BCUT2D eigenvalue weighted by Gasteiger charge is -2.10. The summed E-state index contributed by atoms with van der Waals surface area (Å²) in [6.07, 6.45) is 0. The number of nitrogens with one attached hydrogen (secondary N) is 1. The van der Waals surface area contributed by atoms with Gasteiger partial charge in [-0.15, -0.1) is 0 Å². The number of nitrogens with zero attached hydrogens (tertiary/aromatic N) is 2. The second-order valence-electron chi connectivity index (χ2n) is 7.21. The predicted octanol–water partition coefficient (Wildman–Crippen LogP) is 4.99. The molecule has 5 aromatic rings. The first-order chi connectivity index (χ1) is 15.5. The molecule has 32 heavy (non-hydrogen) atoms. The highest BCUT2D eigenvalue weighted by Crippen LogP contribution is 2.32. The quantitative estimate of drug-likeness (QED) is 0.398. The standard InChI is InChI=1S/C24H18FN3O3S/c25-19-9-6-7-17(13-19)16-31-24-15-21(26-27-24)23-14-18-8-4-5-12-22(18)28(23)32(29,30)20-10-2-1-3-11-20/h1-15H,16H2,(H,26,27). The molecule has 8 heteroatoms. The second-order valence-corrected chi connectivity index (χ2v) is 8.99. The van der Waals surface area contributed by atoms with Crippen LogP contribution < -0.4 is 4.74 Å². The molecular formula is C24H18FN3O3S. The third-order valence-corrected chi connectivity index (χ3v) is 6.79. The minimum Gasteiger partial charge on any atom is -0.473 e. The van der Waals surface area contributed by atoms with E-state index in [9.17, 15) is 12.8 Å². The molecule has 3 aromatic carbocycles. The molecule has 1 N–H and O–H groups in total. The fraction of sp³-hybridized carbons (Fsp3) is 0.0417. The molecule has 2 heterocycles. The largest absolute Gasteiger partial charge is 0.473 e. The highest BCUT2D eigenvalue weighted by molar-refractivity contribution is 7.90. The Morgan fingerprint density at radius 2 is 1.69 bits per heavy atom. The molecule has 2 aromatic heterocycles. The number of benzene rings is 3. The number of H-pyrrole nitrogens is 1. The minimum absolute atomic E-state index is 0.144. The molecular weight excluding hydrogens is 429 g/mol. The molecule has 0 fully saturated rings. The summed E-state index contributed by atoms with van der Waals surface area (Å²) in [5, 5.41) is 7.82. The van der Waals surface area contributed by atoms with Gasteiger partial charge in [-0.25, -0.2) is 21.9 Å². The number of hydrogen-bond acceptors (Lipinski definition) is 4. The second kappa shape index (κ2) is 7.97. The highest BCUT2D eigenvalue weighted by atomic mass is 32.2. The first-order valence-electron chi connectivity index (χ1n) is 9.86. The molecule has 0 radical (unpaired) electrons. The van der Waals surface area contributed by atoms with Crippen LogP contribution in [0.3, 0.4) is 0 Å². The van der Waals surface area contributed by atoms with E-state index in [4.69, 9.17) is 4.74 Å². The Kier molecular flexibility index (Phi) is 4.99. The van der Waals surface area contributed by atoms with Crippen LogP contribution in [-0.4, -0.2) is 22.6 Å². The van der Waals surface area contributed by atoms with Gasteiger partial charge in [0.1, 0.15) is 18.1 Å². The van der Waals surface area contributed by atoms with Crippen molar-refractivity contribution in [2.45, 2.75) is 11.5 Å². The van der Waals surface area contributed by atoms with Gasteiger partial charge in [0.25, 0.3) is 10.0 Å². The van der Waals surface area contributed by atoms with Gasteiger partial charge in [0.05, 0.1) is 16.1 Å². The minimum atomic E-state index is -3.87. The van der Waals surface area contributed by atoms with Crippen LogP contribution in [0.1, 0.15) is 5.56 Å². The Hall–Kier alpha value is -3.91. The van der Waals surface area contributed by atoms with Crippen molar-refractivity contribution < 1.29 is 17.5 Å². The van der Waals surface area contributed by atoms with Crippen LogP contribution in [0.15, 0.2) is 95.9 Å². The van der Waals surface area contributed by atoms with Crippen LogP contribution in [0.2, 0.25) is 0 Å². The maximum atomic E-state index is 13.5. The van der Waals surface area contributed by atoms with Crippen molar-refractivity contribution in [2.24, 2.45) is 0 Å². The van der Waals surface area contributed by atoms with Crippen molar-refractivity contribution in [3.63, 3.8) is 0 Å². The third kappa shape index (κ3) is 3.65. The zero-order valence-electron chi connectivity index (χ0n) is 16.8. The molecule has 0 bridgehead atoms. The van der Waals surface area contributed by atoms with Gasteiger partial charge >= 0.3 is 0 Å². The van der Waals surface area contributed by atoms with Crippen LogP contribution in [0.5, 0.6) is 5.88 Å². The molecule has 0 saturated carbocycles. The first-order valence-corrected chi connectivity index (χ1v) is 11.3. The highest BCUT2D eigenvalue weighted by Gasteiger charge is 2.25. The molecule has 0 spiro atoms. The van der Waals surface area contributed by atoms with Crippen molar-refractivity contribution in [1.82, 2.24) is 14.2 Å². The van der Waals surface area contributed by atoms with Crippen LogP contribution in [-0.2, 0) is 16.6 Å². The van der Waals surface area contributed by atoms with Crippen LogP contribution in [0, 0.1) is 5.82 Å². The van der Waals surface area contributed by atoms with E-state index >= 15 is 0 Å². The molecule has 160 valence electrons. The number of para-hydroxylation sites is 1. The SMILES string of the molecule is O=S(=O)(c1ccccc1)n1c(-c2cc(OCc3cccc(F)c3)[nH]n2)cc2ccccc21. The van der Waals surface area contributed by atoms with E-state index in [2.05, 4.69) is 10.2 Å². The summed E-state index contributed by atoms with van der Waals surface area (Å²) in [6, 6.07) is 25.0. The van der Waals surface area contributed by atoms with Gasteiger partial charge in [-0.05, 0) is 42.0 Å². The predicted molar refractivity (Wildman–Crippen MR) is 119 cm³/mol. The molecule has 0 amide bonds. The number of rotatable bonds is 6. The Bertz CT molecular complexity index is 1510. The molecule has 6 nitrogen and oxygen atoms in total. The van der Waals surface area contributed by atoms with Gasteiger partial charge in [-0.2, -0.15) is 5.10 Å². The van der Waals surface area contributed by atoms with Crippen LogP contribution in [0.4, 0.5) is 4.39 Å². The molecule has 0 unspecified atom stereocenters. The summed E-state index contributed by atoms with van der Waals surface area (Å²) in [6.45, 7) is 0.144. The lowest BCUT2D eigenvalue weighted by molar-refractivity contribution is 0.293. The molecule has 0 aliphatic rings. The van der Waals surface area contributed by atoms with Crippen molar-refractivity contribution in [3.05, 3.63) is 102 Å². The summed E-state index contributed by atoms with van der Waals surface area (Å²) in [5.41, 5.74) is 2.04. The molecule has 0 atom stereocenters. The van der Waals surface area contributed by atoms with Crippen molar-refractivity contribution in [1.29, 1.82) is 0 Å². The summed E-state index contributed by atoms with van der Waals surface area (Å²) < 4.78 is 47.4. The Morgan fingerprint density at radius 1 is 0.906 bits per heavy atom. The summed E-state index contributed by atoms with van der Waals surface area (Å²) in [5.74, 6) is 0.00483. The molecule has 0 saturated heterocycles. The van der Waals surface area contributed by atoms with Gasteiger partial charge in [-0.1, -0.05) is 48.5 Å². The third-order valence-electron chi connectivity index (χ3n) is 5.05. The molecule has 0 aliphatic heterocycles. The Labute approximate surface area is 184 Å². The number of halogens is 1. The number of aromatic amines is 1. The lowest BCUT2D eigenvalue weighted by atomic mass is 10.2. The van der Waals surface area contributed by atoms with Gasteiger partial charge in [0, 0.05) is 11.5 Å². The zero-order chi connectivity index (χ0) is 22.1. The zero-order valence-corrected chi connectivity index (χ0v) is 17.6. The van der Waals surface area contributed by atoms with Crippen LogP contribution in [0.25, 0.3) is 22.3 Å². The van der Waals surface area contributed by atoms with E-state index in [1.165, 1.54) is 16.1 Å². The Balaban J connectivity index is 1.55. The fourth-order valence-electron chi connectivity index (χ4n) is 3.56. The average molecular weight is 447 g/mol. The Morgan fingerprint density at radius 3 is 2.50 bits per heavy atom. The summed E-state index contributed by atoms with van der Waals surface area (Å²) >= 11 is 0. The van der Waals surface area contributed by atoms with E-state index < -0.39 is 10.0 Å². The van der Waals surface area contributed by atoms with E-state index in [1.54, 1.807) is 66.7 Å². The number of hydrogen-bond donors (Lipinski definition) is 1. The molecule has 0 aliphatic carbocycles. The fourth-order valence-corrected chi connectivity index (χ4v) is 5.10. The van der Waals surface area contributed by atoms with Gasteiger partial charge in [0.2, 0.25) is 5.88 Å². The van der Waals surface area contributed by atoms with E-state index in [-0.39, 0.29) is 17.3 Å². The lowest BCUT2D eigenvalue weighted by Crippen LogP contribution is -2.14. The first kappa shape index (κ1) is 20.0. The number of fused-ring (bicyclic) bond motifs is 1. The average Bonchev–Trinajstić information content (AvgIpc) is 3.43. The number of ether oxygens (including phenoxy) is 1. The summed E-state index contributed by atoms with van der Waals surface area (Å²) in [7, 11) is -3.87. The monoisotopic (exact) mass is 447 g/mol. The number of aromatic nitrogens is 3. The topological polar surface area (TPSA) is 77.0 Å². The van der Waals surface area contributed by atoms with Crippen molar-refractivity contribution >= 4 is 20.9 Å². The van der Waals surface area contributed by atoms with Gasteiger partial charge in [0.15, 0.2) is 0 Å². The maximum absolute atomic E-state index is 13.5. The molecule has 5 rings (SSSR count). The van der Waals surface area contributed by atoms with Crippen molar-refractivity contribution in [3.8, 4) is 17.3 Å². The van der Waals surface area contributed by atoms with Gasteiger partial charge in [-0.3, -0.25) is 0 Å². The van der Waals surface area contributed by atoms with E-state index in [1.807, 2.05) is 12.1 Å². The smallest absolute Gasteiger partial charge is 0.268 e. The maximum Gasteiger partial charge on any atom is 0.268 e.